The maximum atomic E-state index is 12.8. The topological polar surface area (TPSA) is 79.6 Å². The fraction of sp³-hybridized carbons (Fsp3) is 0.190. The minimum Gasteiger partial charge on any atom is -0.467 e. The molecule has 6 nitrogen and oxygen atoms in total. The molecule has 0 aliphatic rings. The number of amides is 1. The van der Waals surface area contributed by atoms with Crippen LogP contribution < -0.4 is 4.72 Å². The van der Waals surface area contributed by atoms with Gasteiger partial charge in [0, 0.05) is 19.2 Å². The zero-order chi connectivity index (χ0) is 20.1. The average molecular weight is 398 g/mol. The summed E-state index contributed by atoms with van der Waals surface area (Å²) in [6, 6.07) is 17.5. The zero-order valence-electron chi connectivity index (χ0n) is 15.8. The van der Waals surface area contributed by atoms with Gasteiger partial charge < -0.3 is 9.32 Å². The van der Waals surface area contributed by atoms with Gasteiger partial charge in [-0.25, -0.2) is 13.1 Å². The molecule has 2 aromatic carbocycles. The molecule has 0 saturated heterocycles. The summed E-state index contributed by atoms with van der Waals surface area (Å²) in [6.07, 6.45) is 1.54. The highest BCUT2D eigenvalue weighted by atomic mass is 32.2. The first kappa shape index (κ1) is 19.9. The number of carbonyl (C=O) groups is 1. The number of sulfonamides is 1. The van der Waals surface area contributed by atoms with Gasteiger partial charge in [-0.05, 0) is 42.3 Å². The monoisotopic (exact) mass is 398 g/mol. The van der Waals surface area contributed by atoms with Crippen molar-refractivity contribution in [3.63, 3.8) is 0 Å². The molecule has 1 heterocycles. The van der Waals surface area contributed by atoms with Gasteiger partial charge >= 0.3 is 0 Å². The summed E-state index contributed by atoms with van der Waals surface area (Å²) < 4.78 is 33.4. The van der Waals surface area contributed by atoms with Crippen LogP contribution >= 0.6 is 0 Å². The lowest BCUT2D eigenvalue weighted by Gasteiger charge is -2.17. The van der Waals surface area contributed by atoms with Crippen LogP contribution in [0, 0.1) is 6.92 Å². The van der Waals surface area contributed by atoms with Crippen molar-refractivity contribution >= 4 is 15.9 Å². The van der Waals surface area contributed by atoms with Crippen molar-refractivity contribution in [1.82, 2.24) is 9.62 Å². The SMILES string of the molecule is Cc1ccc(C(=O)N(C)Cc2ccco2)cc1S(=O)(=O)NCc1ccccc1. The van der Waals surface area contributed by atoms with Crippen LogP contribution in [0.4, 0.5) is 0 Å². The minimum atomic E-state index is -3.76. The summed E-state index contributed by atoms with van der Waals surface area (Å²) in [5.74, 6) is 0.372. The molecule has 28 heavy (non-hydrogen) atoms. The summed E-state index contributed by atoms with van der Waals surface area (Å²) in [5, 5.41) is 0. The normalized spacial score (nSPS) is 11.4. The largest absolute Gasteiger partial charge is 0.467 e. The lowest BCUT2D eigenvalue weighted by molar-refractivity contribution is 0.0775. The van der Waals surface area contributed by atoms with Gasteiger partial charge in [0.25, 0.3) is 5.91 Å². The van der Waals surface area contributed by atoms with E-state index in [0.717, 1.165) is 5.56 Å². The summed E-state index contributed by atoms with van der Waals surface area (Å²) in [5.41, 5.74) is 1.74. The number of hydrogen-bond donors (Lipinski definition) is 1. The molecule has 1 amide bonds. The molecule has 7 heteroatoms. The Kier molecular flexibility index (Phi) is 5.96. The van der Waals surface area contributed by atoms with E-state index in [0.29, 0.717) is 23.4 Å². The Morgan fingerprint density at radius 1 is 1.07 bits per heavy atom. The van der Waals surface area contributed by atoms with Crippen LogP contribution in [0.1, 0.15) is 27.2 Å². The van der Waals surface area contributed by atoms with Gasteiger partial charge in [0.05, 0.1) is 17.7 Å². The van der Waals surface area contributed by atoms with Crippen molar-refractivity contribution < 1.29 is 17.6 Å². The second kappa shape index (κ2) is 8.41. The second-order valence-corrected chi connectivity index (χ2v) is 8.27. The highest BCUT2D eigenvalue weighted by Gasteiger charge is 2.20. The smallest absolute Gasteiger partial charge is 0.254 e. The molecule has 0 saturated carbocycles. The van der Waals surface area contributed by atoms with Crippen LogP contribution in [0.15, 0.2) is 76.2 Å². The van der Waals surface area contributed by atoms with E-state index in [1.54, 1.807) is 44.5 Å². The molecule has 1 N–H and O–H groups in total. The molecule has 0 unspecified atom stereocenters. The fourth-order valence-electron chi connectivity index (χ4n) is 2.80. The molecule has 0 aliphatic carbocycles. The van der Waals surface area contributed by atoms with E-state index in [2.05, 4.69) is 4.72 Å². The fourth-order valence-corrected chi connectivity index (χ4v) is 4.09. The summed E-state index contributed by atoms with van der Waals surface area (Å²) >= 11 is 0. The molecule has 3 rings (SSSR count). The Balaban J connectivity index is 1.79. The quantitative estimate of drug-likeness (QED) is 0.662. The van der Waals surface area contributed by atoms with Crippen LogP contribution in [0.25, 0.3) is 0 Å². The number of carbonyl (C=O) groups excluding carboxylic acids is 1. The van der Waals surface area contributed by atoms with E-state index in [1.807, 2.05) is 30.3 Å². The van der Waals surface area contributed by atoms with Crippen LogP contribution in [0.2, 0.25) is 0 Å². The van der Waals surface area contributed by atoms with Crippen LogP contribution in [0.3, 0.4) is 0 Å². The van der Waals surface area contributed by atoms with Gasteiger partial charge in [0.15, 0.2) is 0 Å². The number of benzene rings is 2. The number of nitrogens with one attached hydrogen (secondary N) is 1. The first-order valence-electron chi connectivity index (χ1n) is 8.79. The number of aryl methyl sites for hydroxylation is 1. The van der Waals surface area contributed by atoms with Crippen LogP contribution in [0.5, 0.6) is 0 Å². The molecule has 0 atom stereocenters. The van der Waals surface area contributed by atoms with Crippen molar-refractivity contribution in [2.24, 2.45) is 0 Å². The Hall–Kier alpha value is -2.90. The zero-order valence-corrected chi connectivity index (χ0v) is 16.6. The Morgan fingerprint density at radius 3 is 2.50 bits per heavy atom. The van der Waals surface area contributed by atoms with Gasteiger partial charge in [-0.2, -0.15) is 0 Å². The number of rotatable bonds is 7. The Morgan fingerprint density at radius 2 is 1.82 bits per heavy atom. The van der Waals surface area contributed by atoms with E-state index >= 15 is 0 Å². The molecule has 0 spiro atoms. The Labute approximate surface area is 164 Å². The molecular weight excluding hydrogens is 376 g/mol. The van der Waals surface area contributed by atoms with E-state index in [9.17, 15) is 13.2 Å². The molecule has 1 aromatic heterocycles. The van der Waals surface area contributed by atoms with Gasteiger partial charge in [-0.3, -0.25) is 4.79 Å². The molecule has 0 radical (unpaired) electrons. The standard InChI is InChI=1S/C21H22N2O4S/c1-16-10-11-18(21(24)23(2)15-19-9-6-12-27-19)13-20(16)28(25,26)22-14-17-7-4-3-5-8-17/h3-13,22H,14-15H2,1-2H3. The van der Waals surface area contributed by atoms with Crippen molar-refractivity contribution in [1.29, 1.82) is 0 Å². The second-order valence-electron chi connectivity index (χ2n) is 6.53. The molecule has 146 valence electrons. The highest BCUT2D eigenvalue weighted by molar-refractivity contribution is 7.89. The molecule has 3 aromatic rings. The lowest BCUT2D eigenvalue weighted by Crippen LogP contribution is -2.27. The summed E-state index contributed by atoms with van der Waals surface area (Å²) in [7, 11) is -2.11. The third-order valence-corrected chi connectivity index (χ3v) is 5.90. The van der Waals surface area contributed by atoms with Gasteiger partial charge in [0.2, 0.25) is 10.0 Å². The highest BCUT2D eigenvalue weighted by Crippen LogP contribution is 2.19. The van der Waals surface area contributed by atoms with Crippen LogP contribution in [-0.2, 0) is 23.1 Å². The van der Waals surface area contributed by atoms with E-state index in [-0.39, 0.29) is 17.3 Å². The first-order valence-corrected chi connectivity index (χ1v) is 10.3. The number of nitrogens with zero attached hydrogens (tertiary/aromatic N) is 1. The molecule has 0 bridgehead atoms. The van der Waals surface area contributed by atoms with Gasteiger partial charge in [-0.15, -0.1) is 0 Å². The van der Waals surface area contributed by atoms with Crippen molar-refractivity contribution in [3.8, 4) is 0 Å². The molecule has 0 aliphatic heterocycles. The maximum absolute atomic E-state index is 12.8. The van der Waals surface area contributed by atoms with Crippen molar-refractivity contribution in [2.45, 2.75) is 24.9 Å². The van der Waals surface area contributed by atoms with Gasteiger partial charge in [-0.1, -0.05) is 36.4 Å². The molecular formula is C21H22N2O4S. The number of hydrogen-bond acceptors (Lipinski definition) is 4. The predicted octanol–water partition coefficient (Wildman–Crippen LogP) is 3.34. The maximum Gasteiger partial charge on any atom is 0.254 e. The third kappa shape index (κ3) is 4.68. The van der Waals surface area contributed by atoms with E-state index in [4.69, 9.17) is 4.42 Å². The average Bonchev–Trinajstić information content (AvgIpc) is 3.20. The van der Waals surface area contributed by atoms with Crippen molar-refractivity contribution in [3.05, 3.63) is 89.4 Å². The van der Waals surface area contributed by atoms with E-state index < -0.39 is 10.0 Å². The summed E-state index contributed by atoms with van der Waals surface area (Å²) in [4.78, 5) is 14.3. The Bertz CT molecular complexity index is 1050. The third-order valence-electron chi connectivity index (χ3n) is 4.35. The lowest BCUT2D eigenvalue weighted by atomic mass is 10.1. The van der Waals surface area contributed by atoms with Crippen molar-refractivity contribution in [2.75, 3.05) is 7.05 Å². The predicted molar refractivity (Wildman–Crippen MR) is 106 cm³/mol. The van der Waals surface area contributed by atoms with E-state index in [1.165, 1.54) is 11.0 Å². The first-order chi connectivity index (χ1) is 13.4. The van der Waals surface area contributed by atoms with Gasteiger partial charge in [0.1, 0.15) is 5.76 Å². The minimum absolute atomic E-state index is 0.0979. The summed E-state index contributed by atoms with van der Waals surface area (Å²) in [6.45, 7) is 2.19. The number of furan rings is 1. The van der Waals surface area contributed by atoms with Crippen LogP contribution in [-0.4, -0.2) is 26.3 Å². The molecule has 0 fully saturated rings.